The monoisotopic (exact) mass is 317 g/mol. The van der Waals surface area contributed by atoms with Crippen LogP contribution >= 0.6 is 11.3 Å². The predicted molar refractivity (Wildman–Crippen MR) is 79.4 cm³/mol. The van der Waals surface area contributed by atoms with Crippen LogP contribution in [-0.4, -0.2) is 26.7 Å². The van der Waals surface area contributed by atoms with E-state index in [1.807, 2.05) is 0 Å². The molecule has 0 N–H and O–H groups in total. The van der Waals surface area contributed by atoms with Crippen molar-refractivity contribution in [2.24, 2.45) is 0 Å². The van der Waals surface area contributed by atoms with Gasteiger partial charge < -0.3 is 4.74 Å². The third-order valence-electron chi connectivity index (χ3n) is 3.98. The standard InChI is InChI=1S/C15H12FN3O2S/c16-12-2-1-11(13-14(12)22-8-18-13)9-5-10(6-9)21-15(20)19-4-3-17-7-19/h1-4,7-10H,5-6H2. The molecule has 0 saturated heterocycles. The molecular weight excluding hydrogens is 305 g/mol. The van der Waals surface area contributed by atoms with Crippen LogP contribution < -0.4 is 0 Å². The molecular formula is C15H12FN3O2S. The Labute approximate surface area is 129 Å². The van der Waals surface area contributed by atoms with Crippen LogP contribution in [0.25, 0.3) is 10.2 Å². The fourth-order valence-corrected chi connectivity index (χ4v) is 3.48. The quantitative estimate of drug-likeness (QED) is 0.725. The molecule has 0 unspecified atom stereocenters. The fraction of sp³-hybridized carbons (Fsp3) is 0.267. The zero-order valence-electron chi connectivity index (χ0n) is 11.5. The van der Waals surface area contributed by atoms with E-state index in [1.54, 1.807) is 17.8 Å². The summed E-state index contributed by atoms with van der Waals surface area (Å²) in [6.07, 6.45) is 5.44. The number of benzene rings is 1. The van der Waals surface area contributed by atoms with E-state index < -0.39 is 6.09 Å². The van der Waals surface area contributed by atoms with E-state index >= 15 is 0 Å². The number of ether oxygens (including phenoxy) is 1. The molecule has 2 heterocycles. The first-order chi connectivity index (χ1) is 10.7. The summed E-state index contributed by atoms with van der Waals surface area (Å²) in [7, 11) is 0. The number of aromatic nitrogens is 3. The van der Waals surface area contributed by atoms with Crippen LogP contribution in [0.2, 0.25) is 0 Å². The van der Waals surface area contributed by atoms with Gasteiger partial charge in [0.2, 0.25) is 0 Å². The van der Waals surface area contributed by atoms with E-state index in [-0.39, 0.29) is 17.8 Å². The van der Waals surface area contributed by atoms with E-state index in [9.17, 15) is 9.18 Å². The van der Waals surface area contributed by atoms with Crippen LogP contribution in [0, 0.1) is 5.82 Å². The number of imidazole rings is 1. The van der Waals surface area contributed by atoms with Gasteiger partial charge in [-0.15, -0.1) is 11.3 Å². The summed E-state index contributed by atoms with van der Waals surface area (Å²) in [6.45, 7) is 0. The molecule has 0 bridgehead atoms. The van der Waals surface area contributed by atoms with Crippen molar-refractivity contribution in [1.82, 2.24) is 14.5 Å². The van der Waals surface area contributed by atoms with Crippen LogP contribution in [-0.2, 0) is 4.74 Å². The van der Waals surface area contributed by atoms with Crippen molar-refractivity contribution in [3.05, 3.63) is 47.7 Å². The molecule has 22 heavy (non-hydrogen) atoms. The van der Waals surface area contributed by atoms with Crippen molar-refractivity contribution in [2.45, 2.75) is 24.9 Å². The third kappa shape index (κ3) is 2.18. The minimum absolute atomic E-state index is 0.112. The van der Waals surface area contributed by atoms with Crippen LogP contribution in [0.15, 0.2) is 36.4 Å². The highest BCUT2D eigenvalue weighted by atomic mass is 32.1. The minimum Gasteiger partial charge on any atom is -0.446 e. The molecule has 4 rings (SSSR count). The maximum Gasteiger partial charge on any atom is 0.419 e. The summed E-state index contributed by atoms with van der Waals surface area (Å²) in [6, 6.07) is 3.27. The van der Waals surface area contributed by atoms with Crippen LogP contribution in [0.5, 0.6) is 0 Å². The van der Waals surface area contributed by atoms with Gasteiger partial charge in [-0.25, -0.2) is 23.7 Å². The topological polar surface area (TPSA) is 57.0 Å². The van der Waals surface area contributed by atoms with Crippen LogP contribution in [0.1, 0.15) is 24.3 Å². The number of nitrogens with zero attached hydrogens (tertiary/aromatic N) is 3. The van der Waals surface area contributed by atoms with E-state index in [1.165, 1.54) is 34.5 Å². The molecule has 0 atom stereocenters. The number of halogens is 1. The second-order valence-corrected chi connectivity index (χ2v) is 6.17. The van der Waals surface area contributed by atoms with Gasteiger partial charge in [0.05, 0.1) is 15.7 Å². The zero-order valence-corrected chi connectivity index (χ0v) is 12.3. The second-order valence-electron chi connectivity index (χ2n) is 5.31. The molecule has 1 fully saturated rings. The first-order valence-electron chi connectivity index (χ1n) is 6.93. The van der Waals surface area contributed by atoms with E-state index in [0.717, 1.165) is 23.9 Å². The summed E-state index contributed by atoms with van der Waals surface area (Å²) >= 11 is 1.31. The lowest BCUT2D eigenvalue weighted by Gasteiger charge is -2.34. The number of rotatable bonds is 2. The minimum atomic E-state index is -0.418. The average molecular weight is 317 g/mol. The summed E-state index contributed by atoms with van der Waals surface area (Å²) in [5, 5.41) is 0. The highest BCUT2D eigenvalue weighted by molar-refractivity contribution is 7.16. The Morgan fingerprint density at radius 2 is 2.27 bits per heavy atom. The van der Waals surface area contributed by atoms with E-state index in [0.29, 0.717) is 4.70 Å². The van der Waals surface area contributed by atoms with Crippen LogP contribution in [0.3, 0.4) is 0 Å². The molecule has 1 aromatic carbocycles. The first kappa shape index (κ1) is 13.4. The number of hydrogen-bond donors (Lipinski definition) is 0. The molecule has 112 valence electrons. The summed E-state index contributed by atoms with van der Waals surface area (Å²) in [4.78, 5) is 19.9. The summed E-state index contributed by atoms with van der Waals surface area (Å²) in [5.74, 6) is 0.0226. The highest BCUT2D eigenvalue weighted by Crippen LogP contribution is 2.42. The zero-order chi connectivity index (χ0) is 15.1. The summed E-state index contributed by atoms with van der Waals surface area (Å²) in [5.41, 5.74) is 3.42. The molecule has 0 aliphatic heterocycles. The Morgan fingerprint density at radius 3 is 3.05 bits per heavy atom. The molecule has 0 radical (unpaired) electrons. The largest absolute Gasteiger partial charge is 0.446 e. The number of hydrogen-bond acceptors (Lipinski definition) is 5. The van der Waals surface area contributed by atoms with Crippen molar-refractivity contribution < 1.29 is 13.9 Å². The third-order valence-corrected chi connectivity index (χ3v) is 4.82. The molecule has 5 nitrogen and oxygen atoms in total. The Morgan fingerprint density at radius 1 is 1.41 bits per heavy atom. The predicted octanol–water partition coefficient (Wildman–Crippen LogP) is 3.56. The second kappa shape index (κ2) is 5.17. The number of fused-ring (bicyclic) bond motifs is 1. The highest BCUT2D eigenvalue weighted by Gasteiger charge is 2.35. The SMILES string of the molecule is O=C(OC1CC(c2ccc(F)c3scnc23)C1)n1ccnc1. The average Bonchev–Trinajstić information content (AvgIpc) is 3.14. The van der Waals surface area contributed by atoms with Crippen molar-refractivity contribution in [3.63, 3.8) is 0 Å². The summed E-state index contributed by atoms with van der Waals surface area (Å²) < 4.78 is 21.0. The lowest BCUT2D eigenvalue weighted by atomic mass is 9.77. The normalized spacial score (nSPS) is 20.8. The van der Waals surface area contributed by atoms with Crippen molar-refractivity contribution >= 4 is 27.6 Å². The van der Waals surface area contributed by atoms with Gasteiger partial charge in [-0.3, -0.25) is 0 Å². The Kier molecular flexibility index (Phi) is 3.15. The van der Waals surface area contributed by atoms with Crippen molar-refractivity contribution in [3.8, 4) is 0 Å². The molecule has 1 saturated carbocycles. The molecule has 0 amide bonds. The first-order valence-corrected chi connectivity index (χ1v) is 7.81. The van der Waals surface area contributed by atoms with Gasteiger partial charge in [0.1, 0.15) is 18.2 Å². The van der Waals surface area contributed by atoms with Crippen molar-refractivity contribution in [2.75, 3.05) is 0 Å². The van der Waals surface area contributed by atoms with E-state index in [4.69, 9.17) is 4.74 Å². The van der Waals surface area contributed by atoms with E-state index in [2.05, 4.69) is 9.97 Å². The molecule has 7 heteroatoms. The van der Waals surface area contributed by atoms with Gasteiger partial charge in [-0.2, -0.15) is 0 Å². The maximum atomic E-state index is 13.7. The molecule has 1 aliphatic rings. The smallest absolute Gasteiger partial charge is 0.419 e. The van der Waals surface area contributed by atoms with Gasteiger partial charge in [0.15, 0.2) is 0 Å². The van der Waals surface area contributed by atoms with Gasteiger partial charge in [0, 0.05) is 12.4 Å². The Bertz CT molecular complexity index is 825. The lowest BCUT2D eigenvalue weighted by molar-refractivity contribution is 0.0405. The maximum absolute atomic E-state index is 13.7. The number of carbonyl (C=O) groups excluding carboxylic acids is 1. The van der Waals surface area contributed by atoms with Gasteiger partial charge in [-0.05, 0) is 30.4 Å². The lowest BCUT2D eigenvalue weighted by Crippen LogP contribution is -2.33. The number of thiazole rings is 1. The van der Waals surface area contributed by atoms with Gasteiger partial charge >= 0.3 is 6.09 Å². The Balaban J connectivity index is 1.45. The molecule has 3 aromatic rings. The molecule has 0 spiro atoms. The molecule has 1 aliphatic carbocycles. The van der Waals surface area contributed by atoms with Gasteiger partial charge in [-0.1, -0.05) is 6.07 Å². The fourth-order valence-electron chi connectivity index (χ4n) is 2.75. The van der Waals surface area contributed by atoms with Gasteiger partial charge in [0.25, 0.3) is 0 Å². The van der Waals surface area contributed by atoms with Crippen LogP contribution in [0.4, 0.5) is 9.18 Å². The number of carbonyl (C=O) groups is 1. The molecule has 2 aromatic heterocycles. The Hall–Kier alpha value is -2.28. The van der Waals surface area contributed by atoms with Crippen molar-refractivity contribution in [1.29, 1.82) is 0 Å².